The van der Waals surface area contributed by atoms with Crippen LogP contribution in [-0.4, -0.2) is 11.4 Å². The SMILES string of the molecule is CCc1c(C(N)c2cccc3c2OCO3)n(C)c2ccccc12. The molecule has 4 rings (SSSR count). The predicted octanol–water partition coefficient (Wildman–Crippen LogP) is 3.52. The van der Waals surface area contributed by atoms with Gasteiger partial charge in [-0.15, -0.1) is 0 Å². The third-order valence-electron chi connectivity index (χ3n) is 4.67. The summed E-state index contributed by atoms with van der Waals surface area (Å²) >= 11 is 0. The van der Waals surface area contributed by atoms with Crippen LogP contribution in [0.4, 0.5) is 0 Å². The quantitative estimate of drug-likeness (QED) is 0.805. The lowest BCUT2D eigenvalue weighted by Gasteiger charge is -2.17. The lowest BCUT2D eigenvalue weighted by atomic mass is 9.98. The van der Waals surface area contributed by atoms with E-state index in [1.165, 1.54) is 16.5 Å². The minimum Gasteiger partial charge on any atom is -0.454 e. The smallest absolute Gasteiger partial charge is 0.231 e. The Morgan fingerprint density at radius 3 is 2.78 bits per heavy atom. The average Bonchev–Trinajstić information content (AvgIpc) is 3.17. The molecule has 0 spiro atoms. The van der Waals surface area contributed by atoms with Crippen LogP contribution in [0.3, 0.4) is 0 Å². The van der Waals surface area contributed by atoms with E-state index in [4.69, 9.17) is 15.2 Å². The highest BCUT2D eigenvalue weighted by Crippen LogP contribution is 2.41. The number of para-hydroxylation sites is 2. The van der Waals surface area contributed by atoms with E-state index in [0.717, 1.165) is 29.2 Å². The number of hydrogen-bond donors (Lipinski definition) is 1. The van der Waals surface area contributed by atoms with E-state index in [-0.39, 0.29) is 12.8 Å². The molecule has 4 heteroatoms. The number of rotatable bonds is 3. The number of aromatic nitrogens is 1. The van der Waals surface area contributed by atoms with Crippen LogP contribution in [0.1, 0.15) is 29.8 Å². The topological polar surface area (TPSA) is 49.4 Å². The van der Waals surface area contributed by atoms with Gasteiger partial charge in [0.1, 0.15) is 0 Å². The van der Waals surface area contributed by atoms with E-state index in [1.807, 2.05) is 18.2 Å². The van der Waals surface area contributed by atoms with Gasteiger partial charge in [0.2, 0.25) is 6.79 Å². The van der Waals surface area contributed by atoms with Crippen LogP contribution in [0.25, 0.3) is 10.9 Å². The summed E-state index contributed by atoms with van der Waals surface area (Å²) in [6, 6.07) is 14.1. The lowest BCUT2D eigenvalue weighted by Crippen LogP contribution is -2.17. The number of fused-ring (bicyclic) bond motifs is 2. The summed E-state index contributed by atoms with van der Waals surface area (Å²) in [5.74, 6) is 1.54. The summed E-state index contributed by atoms with van der Waals surface area (Å²) in [4.78, 5) is 0. The highest BCUT2D eigenvalue weighted by Gasteiger charge is 2.26. The standard InChI is InChI=1S/C19H20N2O2/c1-3-12-13-7-4-5-9-15(13)21(2)18(12)17(20)14-8-6-10-16-19(14)23-11-22-16/h4-10,17H,3,11,20H2,1-2H3. The Morgan fingerprint density at radius 2 is 1.96 bits per heavy atom. The summed E-state index contributed by atoms with van der Waals surface area (Å²) in [6.07, 6.45) is 0.941. The van der Waals surface area contributed by atoms with Crippen LogP contribution in [0.2, 0.25) is 0 Å². The minimum absolute atomic E-state index is 0.251. The van der Waals surface area contributed by atoms with Gasteiger partial charge in [0, 0.05) is 29.2 Å². The molecule has 0 saturated carbocycles. The molecule has 1 atom stereocenters. The van der Waals surface area contributed by atoms with Crippen LogP contribution >= 0.6 is 0 Å². The summed E-state index contributed by atoms with van der Waals surface area (Å²) in [6.45, 7) is 2.43. The van der Waals surface area contributed by atoms with Gasteiger partial charge >= 0.3 is 0 Å². The fourth-order valence-corrected chi connectivity index (χ4v) is 3.60. The Balaban J connectivity index is 1.93. The Kier molecular flexibility index (Phi) is 3.27. The first-order valence-corrected chi connectivity index (χ1v) is 7.92. The van der Waals surface area contributed by atoms with Gasteiger partial charge in [-0.2, -0.15) is 0 Å². The summed E-state index contributed by atoms with van der Waals surface area (Å²) in [7, 11) is 2.08. The molecule has 4 nitrogen and oxygen atoms in total. The second-order valence-electron chi connectivity index (χ2n) is 5.85. The second kappa shape index (κ2) is 5.32. The van der Waals surface area contributed by atoms with Crippen LogP contribution in [0, 0.1) is 0 Å². The number of aryl methyl sites for hydroxylation is 2. The maximum atomic E-state index is 6.67. The van der Waals surface area contributed by atoms with Crippen molar-refractivity contribution in [3.05, 3.63) is 59.3 Å². The van der Waals surface area contributed by atoms with Crippen molar-refractivity contribution in [2.24, 2.45) is 12.8 Å². The van der Waals surface area contributed by atoms with Gasteiger partial charge in [-0.1, -0.05) is 37.3 Å². The van der Waals surface area contributed by atoms with Crippen molar-refractivity contribution in [3.63, 3.8) is 0 Å². The Hall–Kier alpha value is -2.46. The predicted molar refractivity (Wildman–Crippen MR) is 90.9 cm³/mol. The van der Waals surface area contributed by atoms with Crippen molar-refractivity contribution < 1.29 is 9.47 Å². The molecule has 3 aromatic rings. The second-order valence-corrected chi connectivity index (χ2v) is 5.85. The molecule has 1 aliphatic rings. The van der Waals surface area contributed by atoms with E-state index < -0.39 is 0 Å². The monoisotopic (exact) mass is 308 g/mol. The number of ether oxygens (including phenoxy) is 2. The largest absolute Gasteiger partial charge is 0.454 e. The zero-order valence-corrected chi connectivity index (χ0v) is 13.4. The summed E-state index contributed by atoms with van der Waals surface area (Å²) < 4.78 is 13.3. The molecule has 2 N–H and O–H groups in total. The van der Waals surface area contributed by atoms with Crippen LogP contribution < -0.4 is 15.2 Å². The molecule has 23 heavy (non-hydrogen) atoms. The van der Waals surface area contributed by atoms with Gasteiger partial charge in [-0.05, 0) is 24.1 Å². The van der Waals surface area contributed by atoms with E-state index in [0.29, 0.717) is 0 Å². The van der Waals surface area contributed by atoms with Gasteiger partial charge in [-0.3, -0.25) is 0 Å². The first kappa shape index (κ1) is 14.2. The van der Waals surface area contributed by atoms with E-state index in [9.17, 15) is 0 Å². The van der Waals surface area contributed by atoms with Crippen molar-refractivity contribution >= 4 is 10.9 Å². The number of hydrogen-bond acceptors (Lipinski definition) is 3. The molecule has 1 aliphatic heterocycles. The van der Waals surface area contributed by atoms with Crippen molar-refractivity contribution in [3.8, 4) is 11.5 Å². The number of nitrogens with zero attached hydrogens (tertiary/aromatic N) is 1. The van der Waals surface area contributed by atoms with Crippen LogP contribution in [-0.2, 0) is 13.5 Å². The summed E-state index contributed by atoms with van der Waals surface area (Å²) in [5, 5.41) is 1.27. The van der Waals surface area contributed by atoms with Crippen molar-refractivity contribution in [2.45, 2.75) is 19.4 Å². The molecule has 1 unspecified atom stereocenters. The minimum atomic E-state index is -0.251. The molecule has 0 radical (unpaired) electrons. The molecule has 0 bridgehead atoms. The maximum absolute atomic E-state index is 6.67. The number of nitrogens with two attached hydrogens (primary N) is 1. The molecule has 0 fully saturated rings. The fourth-order valence-electron chi connectivity index (χ4n) is 3.60. The van der Waals surface area contributed by atoms with Gasteiger partial charge in [0.15, 0.2) is 11.5 Å². The third-order valence-corrected chi connectivity index (χ3v) is 4.67. The molecule has 0 amide bonds. The molecule has 118 valence electrons. The Labute approximate surface area is 135 Å². The van der Waals surface area contributed by atoms with Crippen molar-refractivity contribution in [1.29, 1.82) is 0 Å². The highest BCUT2D eigenvalue weighted by atomic mass is 16.7. The maximum Gasteiger partial charge on any atom is 0.231 e. The molecule has 0 aliphatic carbocycles. The normalized spacial score (nSPS) is 14.4. The average molecular weight is 308 g/mol. The summed E-state index contributed by atoms with van der Waals surface area (Å²) in [5.41, 5.74) is 11.3. The van der Waals surface area contributed by atoms with Crippen molar-refractivity contribution in [2.75, 3.05) is 6.79 Å². The van der Waals surface area contributed by atoms with Gasteiger partial charge < -0.3 is 19.8 Å². The molecular weight excluding hydrogens is 288 g/mol. The fraction of sp³-hybridized carbons (Fsp3) is 0.263. The molecular formula is C19H20N2O2. The van der Waals surface area contributed by atoms with Crippen LogP contribution in [0.15, 0.2) is 42.5 Å². The lowest BCUT2D eigenvalue weighted by molar-refractivity contribution is 0.173. The third kappa shape index (κ3) is 2.02. The van der Waals surface area contributed by atoms with E-state index >= 15 is 0 Å². The van der Waals surface area contributed by atoms with E-state index in [1.54, 1.807) is 0 Å². The molecule has 2 heterocycles. The Bertz CT molecular complexity index is 882. The zero-order valence-electron chi connectivity index (χ0n) is 13.4. The Morgan fingerprint density at radius 1 is 1.13 bits per heavy atom. The first-order chi connectivity index (χ1) is 11.2. The molecule has 1 aromatic heterocycles. The molecule has 2 aromatic carbocycles. The molecule has 0 saturated heterocycles. The van der Waals surface area contributed by atoms with Crippen molar-refractivity contribution in [1.82, 2.24) is 4.57 Å². The first-order valence-electron chi connectivity index (χ1n) is 7.92. The van der Waals surface area contributed by atoms with Crippen LogP contribution in [0.5, 0.6) is 11.5 Å². The highest BCUT2D eigenvalue weighted by molar-refractivity contribution is 5.86. The number of benzene rings is 2. The van der Waals surface area contributed by atoms with E-state index in [2.05, 4.69) is 42.8 Å². The van der Waals surface area contributed by atoms with Gasteiger partial charge in [-0.25, -0.2) is 0 Å². The van der Waals surface area contributed by atoms with Gasteiger partial charge in [0.25, 0.3) is 0 Å². The zero-order chi connectivity index (χ0) is 16.0. The van der Waals surface area contributed by atoms with Gasteiger partial charge in [0.05, 0.1) is 6.04 Å².